The van der Waals surface area contributed by atoms with Crippen LogP contribution in [0.4, 0.5) is 10.1 Å². The van der Waals surface area contributed by atoms with Crippen molar-refractivity contribution < 1.29 is 9.18 Å². The van der Waals surface area contributed by atoms with Crippen LogP contribution < -0.4 is 5.32 Å². The summed E-state index contributed by atoms with van der Waals surface area (Å²) < 4.78 is 13.7. The maximum absolute atomic E-state index is 13.7. The molecule has 0 saturated carbocycles. The molecular formula is C15H11ClFN3OS. The van der Waals surface area contributed by atoms with E-state index >= 15 is 0 Å². The quantitative estimate of drug-likeness (QED) is 0.740. The summed E-state index contributed by atoms with van der Waals surface area (Å²) in [5.41, 5.74) is 1.42. The van der Waals surface area contributed by atoms with Crippen molar-refractivity contribution >= 4 is 34.5 Å². The highest BCUT2D eigenvalue weighted by Crippen LogP contribution is 2.33. The molecule has 112 valence electrons. The Hall–Kier alpha value is -2.18. The number of amides is 1. The summed E-state index contributed by atoms with van der Waals surface area (Å²) in [7, 11) is 0. The maximum atomic E-state index is 13.7. The van der Waals surface area contributed by atoms with Gasteiger partial charge in [-0.25, -0.2) is 4.39 Å². The molecule has 1 amide bonds. The van der Waals surface area contributed by atoms with Crippen LogP contribution in [0, 0.1) is 12.7 Å². The fourth-order valence-electron chi connectivity index (χ4n) is 1.99. The number of thiophene rings is 1. The number of hydrogen-bond donors (Lipinski definition) is 2. The highest BCUT2D eigenvalue weighted by molar-refractivity contribution is 7.16. The fourth-order valence-corrected chi connectivity index (χ4v) is 3.12. The van der Waals surface area contributed by atoms with Crippen LogP contribution in [-0.4, -0.2) is 16.1 Å². The minimum absolute atomic E-state index is 0.0822. The van der Waals surface area contributed by atoms with Crippen LogP contribution in [0.15, 0.2) is 36.5 Å². The first kappa shape index (κ1) is 14.7. The van der Waals surface area contributed by atoms with Crippen molar-refractivity contribution in [2.45, 2.75) is 6.92 Å². The first-order chi connectivity index (χ1) is 10.5. The number of carbonyl (C=O) groups excluding carboxylic acids is 1. The second-order valence-corrected chi connectivity index (χ2v) is 6.32. The Kier molecular flexibility index (Phi) is 3.96. The smallest absolute Gasteiger partial charge is 0.258 e. The van der Waals surface area contributed by atoms with E-state index in [1.165, 1.54) is 29.5 Å². The Balaban J connectivity index is 1.87. The van der Waals surface area contributed by atoms with Crippen molar-refractivity contribution in [3.8, 4) is 10.6 Å². The molecule has 3 rings (SSSR count). The van der Waals surface area contributed by atoms with E-state index in [4.69, 9.17) is 11.6 Å². The lowest BCUT2D eigenvalue weighted by Crippen LogP contribution is -2.13. The topological polar surface area (TPSA) is 57.8 Å². The predicted octanol–water partition coefficient (Wildman–Crippen LogP) is 4.49. The molecular weight excluding hydrogens is 325 g/mol. The van der Waals surface area contributed by atoms with Gasteiger partial charge in [-0.3, -0.25) is 9.89 Å². The second-order valence-electron chi connectivity index (χ2n) is 4.63. The SMILES string of the molecule is Cc1sc(-c2ccn[nH]2)cc1NC(=O)c1cc(Cl)ccc1F. The van der Waals surface area contributed by atoms with Crippen molar-refractivity contribution in [2.75, 3.05) is 5.32 Å². The first-order valence-electron chi connectivity index (χ1n) is 6.41. The Labute approximate surface area is 134 Å². The summed E-state index contributed by atoms with van der Waals surface area (Å²) in [4.78, 5) is 14.1. The molecule has 0 unspecified atom stereocenters. The van der Waals surface area contributed by atoms with Crippen molar-refractivity contribution in [3.63, 3.8) is 0 Å². The number of aryl methyl sites for hydroxylation is 1. The van der Waals surface area contributed by atoms with E-state index in [9.17, 15) is 9.18 Å². The van der Waals surface area contributed by atoms with Gasteiger partial charge in [-0.2, -0.15) is 5.10 Å². The Morgan fingerprint density at radius 2 is 2.18 bits per heavy atom. The van der Waals surface area contributed by atoms with Gasteiger partial charge in [0.05, 0.1) is 21.8 Å². The van der Waals surface area contributed by atoms with Crippen LogP contribution in [0.2, 0.25) is 5.02 Å². The maximum Gasteiger partial charge on any atom is 0.258 e. The lowest BCUT2D eigenvalue weighted by Gasteiger charge is -2.05. The largest absolute Gasteiger partial charge is 0.321 e. The summed E-state index contributed by atoms with van der Waals surface area (Å²) in [5.74, 6) is -1.14. The summed E-state index contributed by atoms with van der Waals surface area (Å²) in [6.07, 6.45) is 1.66. The van der Waals surface area contributed by atoms with Gasteiger partial charge in [-0.05, 0) is 37.3 Å². The van der Waals surface area contributed by atoms with E-state index in [1.807, 2.05) is 19.1 Å². The van der Waals surface area contributed by atoms with Gasteiger partial charge in [0.2, 0.25) is 0 Å². The van der Waals surface area contributed by atoms with Crippen molar-refractivity contribution in [3.05, 3.63) is 57.8 Å². The molecule has 0 bridgehead atoms. The molecule has 2 N–H and O–H groups in total. The zero-order valence-corrected chi connectivity index (χ0v) is 13.1. The molecule has 1 aromatic carbocycles. The highest BCUT2D eigenvalue weighted by Gasteiger charge is 2.15. The second kappa shape index (κ2) is 5.90. The van der Waals surface area contributed by atoms with E-state index in [-0.39, 0.29) is 5.56 Å². The number of nitrogens with zero attached hydrogens (tertiary/aromatic N) is 1. The molecule has 0 fully saturated rings. The van der Waals surface area contributed by atoms with Gasteiger partial charge in [0, 0.05) is 16.1 Å². The van der Waals surface area contributed by atoms with Crippen LogP contribution in [-0.2, 0) is 0 Å². The van der Waals surface area contributed by atoms with Crippen molar-refractivity contribution in [1.29, 1.82) is 0 Å². The summed E-state index contributed by atoms with van der Waals surface area (Å²) in [6, 6.07) is 7.55. The van der Waals surface area contributed by atoms with Crippen LogP contribution in [0.25, 0.3) is 10.6 Å². The Bertz CT molecular complexity index is 829. The number of aromatic nitrogens is 2. The van der Waals surface area contributed by atoms with Gasteiger partial charge in [0.25, 0.3) is 5.91 Å². The number of halogens is 2. The van der Waals surface area contributed by atoms with Crippen LogP contribution >= 0.6 is 22.9 Å². The Morgan fingerprint density at radius 1 is 1.36 bits per heavy atom. The molecule has 4 nitrogen and oxygen atoms in total. The van der Waals surface area contributed by atoms with E-state index in [1.54, 1.807) is 6.20 Å². The number of hydrogen-bond acceptors (Lipinski definition) is 3. The molecule has 0 saturated heterocycles. The minimum Gasteiger partial charge on any atom is -0.321 e. The average molecular weight is 336 g/mol. The van der Waals surface area contributed by atoms with Gasteiger partial charge in [-0.15, -0.1) is 11.3 Å². The molecule has 0 aliphatic carbocycles. The van der Waals surface area contributed by atoms with E-state index in [2.05, 4.69) is 15.5 Å². The number of nitrogens with one attached hydrogen (secondary N) is 2. The van der Waals surface area contributed by atoms with Crippen molar-refractivity contribution in [2.24, 2.45) is 0 Å². The third-order valence-electron chi connectivity index (χ3n) is 3.11. The van der Waals surface area contributed by atoms with Gasteiger partial charge < -0.3 is 5.32 Å². The number of carbonyl (C=O) groups is 1. The molecule has 0 spiro atoms. The highest BCUT2D eigenvalue weighted by atomic mass is 35.5. The Morgan fingerprint density at radius 3 is 2.91 bits per heavy atom. The molecule has 0 aliphatic heterocycles. The number of rotatable bonds is 3. The summed E-state index contributed by atoms with van der Waals surface area (Å²) in [6.45, 7) is 1.88. The first-order valence-corrected chi connectivity index (χ1v) is 7.60. The molecule has 0 aliphatic rings. The third kappa shape index (κ3) is 2.88. The van der Waals surface area contributed by atoms with Crippen LogP contribution in [0.1, 0.15) is 15.2 Å². The lowest BCUT2D eigenvalue weighted by atomic mass is 10.2. The van der Waals surface area contributed by atoms with Crippen LogP contribution in [0.3, 0.4) is 0 Å². The molecule has 0 atom stereocenters. The lowest BCUT2D eigenvalue weighted by molar-refractivity contribution is 0.102. The minimum atomic E-state index is -0.608. The van der Waals surface area contributed by atoms with Gasteiger partial charge in [0.15, 0.2) is 0 Å². The molecule has 2 aromatic heterocycles. The average Bonchev–Trinajstić information content (AvgIpc) is 3.12. The van der Waals surface area contributed by atoms with Crippen LogP contribution in [0.5, 0.6) is 0 Å². The number of aromatic amines is 1. The van der Waals surface area contributed by atoms with E-state index < -0.39 is 11.7 Å². The molecule has 7 heteroatoms. The zero-order chi connectivity index (χ0) is 15.7. The van der Waals surface area contributed by atoms with Gasteiger partial charge in [0.1, 0.15) is 5.82 Å². The fraction of sp³-hybridized carbons (Fsp3) is 0.0667. The standard InChI is InChI=1S/C15H11ClFN3OS/c1-8-13(7-14(22-8)12-4-5-18-20-12)19-15(21)10-6-9(16)2-3-11(10)17/h2-7H,1H3,(H,18,20)(H,19,21). The number of anilines is 1. The van der Waals surface area contributed by atoms with Gasteiger partial charge in [-0.1, -0.05) is 11.6 Å². The molecule has 22 heavy (non-hydrogen) atoms. The summed E-state index contributed by atoms with van der Waals surface area (Å²) in [5, 5.41) is 9.79. The molecule has 2 heterocycles. The van der Waals surface area contributed by atoms with E-state index in [0.717, 1.165) is 15.4 Å². The zero-order valence-electron chi connectivity index (χ0n) is 11.5. The molecule has 3 aromatic rings. The van der Waals surface area contributed by atoms with E-state index in [0.29, 0.717) is 10.7 Å². The predicted molar refractivity (Wildman–Crippen MR) is 86.0 cm³/mol. The summed E-state index contributed by atoms with van der Waals surface area (Å²) >= 11 is 7.32. The molecule has 0 radical (unpaired) electrons. The number of H-pyrrole nitrogens is 1. The normalized spacial score (nSPS) is 10.7. The van der Waals surface area contributed by atoms with Crippen molar-refractivity contribution in [1.82, 2.24) is 10.2 Å². The van der Waals surface area contributed by atoms with Gasteiger partial charge >= 0.3 is 0 Å². The third-order valence-corrected chi connectivity index (χ3v) is 4.42. The number of benzene rings is 1. The monoisotopic (exact) mass is 335 g/mol.